The third-order valence-corrected chi connectivity index (χ3v) is 5.47. The summed E-state index contributed by atoms with van der Waals surface area (Å²) < 4.78 is 0. The van der Waals surface area contributed by atoms with Crippen molar-refractivity contribution in [3.05, 3.63) is 35.9 Å². The molecule has 0 aromatic heterocycles. The highest BCUT2D eigenvalue weighted by Crippen LogP contribution is 2.10. The molecule has 0 radical (unpaired) electrons. The minimum absolute atomic E-state index is 0.105. The Morgan fingerprint density at radius 1 is 0.939 bits per heavy atom. The Bertz CT molecular complexity index is 774. The molecule has 33 heavy (non-hydrogen) atoms. The van der Waals surface area contributed by atoms with Crippen molar-refractivity contribution in [2.45, 2.75) is 64.1 Å². The SMILES string of the molecule is CCC(C)C(NC(=O)CN)C(=O)NC(CCCCN)C(=O)NC(Cc1ccccc1)C(=O)O. The number of hydrogen-bond donors (Lipinski definition) is 6. The number of nitrogens with one attached hydrogen (secondary N) is 3. The van der Waals surface area contributed by atoms with Crippen LogP contribution in [0.1, 0.15) is 45.1 Å². The molecule has 0 aliphatic rings. The average molecular weight is 464 g/mol. The zero-order chi connectivity index (χ0) is 24.8. The number of unbranched alkanes of at least 4 members (excludes halogenated alkanes) is 1. The number of hydrogen-bond acceptors (Lipinski definition) is 6. The minimum atomic E-state index is -1.17. The Labute approximate surface area is 194 Å². The summed E-state index contributed by atoms with van der Waals surface area (Å²) in [5, 5.41) is 17.4. The van der Waals surface area contributed by atoms with E-state index in [1.165, 1.54) is 0 Å². The van der Waals surface area contributed by atoms with E-state index < -0.39 is 41.8 Å². The number of nitrogens with two attached hydrogens (primary N) is 2. The predicted molar refractivity (Wildman–Crippen MR) is 125 cm³/mol. The van der Waals surface area contributed by atoms with Crippen molar-refractivity contribution in [3.8, 4) is 0 Å². The van der Waals surface area contributed by atoms with Crippen LogP contribution in [0.4, 0.5) is 0 Å². The van der Waals surface area contributed by atoms with Crippen LogP contribution in [0, 0.1) is 5.92 Å². The molecule has 0 heterocycles. The van der Waals surface area contributed by atoms with Crippen LogP contribution in [0.3, 0.4) is 0 Å². The van der Waals surface area contributed by atoms with Crippen LogP contribution in [-0.2, 0) is 25.6 Å². The smallest absolute Gasteiger partial charge is 0.326 e. The second-order valence-corrected chi connectivity index (χ2v) is 8.07. The summed E-state index contributed by atoms with van der Waals surface area (Å²) in [4.78, 5) is 49.5. The molecule has 184 valence electrons. The van der Waals surface area contributed by atoms with Gasteiger partial charge >= 0.3 is 5.97 Å². The molecule has 0 aliphatic heterocycles. The maximum absolute atomic E-state index is 13.0. The Balaban J connectivity index is 2.98. The molecule has 8 N–H and O–H groups in total. The topological polar surface area (TPSA) is 177 Å². The van der Waals surface area contributed by atoms with Gasteiger partial charge < -0.3 is 32.5 Å². The molecule has 0 aliphatic carbocycles. The summed E-state index contributed by atoms with van der Waals surface area (Å²) >= 11 is 0. The van der Waals surface area contributed by atoms with Gasteiger partial charge in [0.1, 0.15) is 18.1 Å². The number of benzene rings is 1. The Morgan fingerprint density at radius 2 is 1.58 bits per heavy atom. The molecule has 0 saturated carbocycles. The highest BCUT2D eigenvalue weighted by molar-refractivity contribution is 5.93. The van der Waals surface area contributed by atoms with Crippen LogP contribution in [0.25, 0.3) is 0 Å². The highest BCUT2D eigenvalue weighted by atomic mass is 16.4. The van der Waals surface area contributed by atoms with E-state index in [9.17, 15) is 24.3 Å². The van der Waals surface area contributed by atoms with E-state index in [0.29, 0.717) is 25.8 Å². The second kappa shape index (κ2) is 15.0. The van der Waals surface area contributed by atoms with Gasteiger partial charge in [-0.2, -0.15) is 0 Å². The van der Waals surface area contributed by atoms with Gasteiger partial charge in [-0.05, 0) is 37.3 Å². The van der Waals surface area contributed by atoms with Gasteiger partial charge in [0, 0.05) is 6.42 Å². The van der Waals surface area contributed by atoms with Gasteiger partial charge in [0.05, 0.1) is 6.54 Å². The molecule has 10 nitrogen and oxygen atoms in total. The molecule has 3 amide bonds. The lowest BCUT2D eigenvalue weighted by atomic mass is 9.97. The molecule has 0 fully saturated rings. The van der Waals surface area contributed by atoms with Crippen LogP contribution in [0.2, 0.25) is 0 Å². The fourth-order valence-corrected chi connectivity index (χ4v) is 3.28. The molecule has 0 spiro atoms. The first kappa shape index (κ1) is 28.1. The quantitative estimate of drug-likeness (QED) is 0.197. The van der Waals surface area contributed by atoms with Crippen LogP contribution >= 0.6 is 0 Å². The van der Waals surface area contributed by atoms with Crippen molar-refractivity contribution in [1.82, 2.24) is 16.0 Å². The monoisotopic (exact) mass is 463 g/mol. The Kier molecular flexibility index (Phi) is 12.7. The van der Waals surface area contributed by atoms with Gasteiger partial charge in [0.25, 0.3) is 0 Å². The molecular weight excluding hydrogens is 426 g/mol. The van der Waals surface area contributed by atoms with E-state index in [2.05, 4.69) is 16.0 Å². The molecule has 1 aromatic rings. The number of carboxylic acids is 1. The maximum Gasteiger partial charge on any atom is 0.326 e. The number of carbonyl (C=O) groups excluding carboxylic acids is 3. The van der Waals surface area contributed by atoms with Gasteiger partial charge in [0.15, 0.2) is 0 Å². The van der Waals surface area contributed by atoms with E-state index in [1.54, 1.807) is 24.3 Å². The van der Waals surface area contributed by atoms with Gasteiger partial charge in [0.2, 0.25) is 17.7 Å². The molecule has 4 atom stereocenters. The lowest BCUT2D eigenvalue weighted by Crippen LogP contribution is -2.57. The number of rotatable bonds is 15. The van der Waals surface area contributed by atoms with Crippen molar-refractivity contribution in [3.63, 3.8) is 0 Å². The zero-order valence-electron chi connectivity index (χ0n) is 19.4. The normalized spacial score (nSPS) is 14.4. The first-order chi connectivity index (χ1) is 15.7. The average Bonchev–Trinajstić information content (AvgIpc) is 2.81. The number of carboxylic acid groups (broad SMARTS) is 1. The molecule has 1 rings (SSSR count). The highest BCUT2D eigenvalue weighted by Gasteiger charge is 2.31. The number of carbonyl (C=O) groups is 4. The van der Waals surface area contributed by atoms with Crippen LogP contribution in [-0.4, -0.2) is 60.0 Å². The molecule has 4 unspecified atom stereocenters. The van der Waals surface area contributed by atoms with Crippen molar-refractivity contribution >= 4 is 23.7 Å². The van der Waals surface area contributed by atoms with E-state index >= 15 is 0 Å². The first-order valence-electron chi connectivity index (χ1n) is 11.3. The molecule has 1 aromatic carbocycles. The summed E-state index contributed by atoms with van der Waals surface area (Å²) in [6.07, 6.45) is 2.21. The van der Waals surface area contributed by atoms with Gasteiger partial charge in [-0.25, -0.2) is 4.79 Å². The number of aliphatic carboxylic acids is 1. The zero-order valence-corrected chi connectivity index (χ0v) is 19.4. The summed E-state index contributed by atoms with van der Waals surface area (Å²) in [6, 6.07) is 5.96. The molecule has 0 bridgehead atoms. The minimum Gasteiger partial charge on any atom is -0.480 e. The molecule has 0 saturated heterocycles. The Morgan fingerprint density at radius 3 is 2.12 bits per heavy atom. The van der Waals surface area contributed by atoms with Crippen molar-refractivity contribution in [2.75, 3.05) is 13.1 Å². The van der Waals surface area contributed by atoms with Gasteiger partial charge in [-0.15, -0.1) is 0 Å². The van der Waals surface area contributed by atoms with Gasteiger partial charge in [-0.1, -0.05) is 50.6 Å². The van der Waals surface area contributed by atoms with Crippen LogP contribution in [0.5, 0.6) is 0 Å². The molecular formula is C23H37N5O5. The van der Waals surface area contributed by atoms with E-state index in [1.807, 2.05) is 19.9 Å². The maximum atomic E-state index is 13.0. The fourth-order valence-electron chi connectivity index (χ4n) is 3.28. The summed E-state index contributed by atoms with van der Waals surface area (Å²) in [6.45, 7) is 3.85. The van der Waals surface area contributed by atoms with Crippen LogP contribution in [0.15, 0.2) is 30.3 Å². The lowest BCUT2D eigenvalue weighted by molar-refractivity contribution is -0.142. The third-order valence-electron chi connectivity index (χ3n) is 5.47. The standard InChI is InChI=1S/C23H37N5O5/c1-3-15(2)20(28-19(29)14-25)22(31)26-17(11-7-8-12-24)21(30)27-18(23(32)33)13-16-9-5-4-6-10-16/h4-6,9-10,15,17-18,20H,3,7-8,11-14,24-25H2,1-2H3,(H,26,31)(H,27,30)(H,28,29)(H,32,33). The summed E-state index contributed by atoms with van der Waals surface area (Å²) in [5.41, 5.74) is 11.7. The summed E-state index contributed by atoms with van der Waals surface area (Å²) in [5.74, 6) is -2.97. The van der Waals surface area contributed by atoms with Crippen LogP contribution < -0.4 is 27.4 Å². The number of amides is 3. The first-order valence-corrected chi connectivity index (χ1v) is 11.3. The van der Waals surface area contributed by atoms with Crippen molar-refractivity contribution < 1.29 is 24.3 Å². The second-order valence-electron chi connectivity index (χ2n) is 8.07. The summed E-state index contributed by atoms with van der Waals surface area (Å²) in [7, 11) is 0. The largest absolute Gasteiger partial charge is 0.480 e. The predicted octanol–water partition coefficient (Wildman–Crippen LogP) is -0.0981. The van der Waals surface area contributed by atoms with E-state index in [-0.39, 0.29) is 25.3 Å². The van der Waals surface area contributed by atoms with Crippen molar-refractivity contribution in [2.24, 2.45) is 17.4 Å². The van der Waals surface area contributed by atoms with E-state index in [4.69, 9.17) is 11.5 Å². The third kappa shape index (κ3) is 10.0. The van der Waals surface area contributed by atoms with Gasteiger partial charge in [-0.3, -0.25) is 14.4 Å². The fraction of sp³-hybridized carbons (Fsp3) is 0.565. The lowest BCUT2D eigenvalue weighted by Gasteiger charge is -2.27. The van der Waals surface area contributed by atoms with Crippen molar-refractivity contribution in [1.29, 1.82) is 0 Å². The molecule has 10 heteroatoms. The van der Waals surface area contributed by atoms with E-state index in [0.717, 1.165) is 5.56 Å². The Hall–Kier alpha value is -2.98.